The number of fused-ring (bicyclic) bond motifs is 1. The van der Waals surface area contributed by atoms with Crippen LogP contribution in [0.1, 0.15) is 30.1 Å². The molecule has 2 aromatic carbocycles. The molecule has 2 N–H and O–H groups in total. The Morgan fingerprint density at radius 3 is 2.69 bits per heavy atom. The third-order valence-corrected chi connectivity index (χ3v) is 5.78. The minimum absolute atomic E-state index is 0.375. The van der Waals surface area contributed by atoms with Crippen molar-refractivity contribution in [2.75, 3.05) is 0 Å². The average molecular weight is 425 g/mol. The molecule has 7 heteroatoms. The summed E-state index contributed by atoms with van der Waals surface area (Å²) in [7, 11) is 1.89. The molecular weight excluding hydrogens is 402 g/mol. The van der Waals surface area contributed by atoms with E-state index in [0.29, 0.717) is 18.0 Å². The highest BCUT2D eigenvalue weighted by atomic mass is 16.5. The maximum Gasteiger partial charge on any atom is 0.268 e. The first-order chi connectivity index (χ1) is 15.7. The third-order valence-electron chi connectivity index (χ3n) is 5.78. The SMILES string of the molecule is Cn1nccc1-c1cccc2c(C#CC3CC3)n(C(Cc3ccccc3)C(=O)NO)nc12. The highest BCUT2D eigenvalue weighted by molar-refractivity contribution is 5.96. The molecule has 1 unspecified atom stereocenters. The van der Waals surface area contributed by atoms with Gasteiger partial charge in [0.1, 0.15) is 17.3 Å². The number of nitrogens with one attached hydrogen (secondary N) is 1. The summed E-state index contributed by atoms with van der Waals surface area (Å²) in [5.74, 6) is 6.47. The first-order valence-corrected chi connectivity index (χ1v) is 10.6. The Kier molecular flexibility index (Phi) is 5.21. The molecule has 2 heterocycles. The first-order valence-electron chi connectivity index (χ1n) is 10.6. The van der Waals surface area contributed by atoms with Crippen LogP contribution < -0.4 is 5.48 Å². The molecule has 1 amide bonds. The standard InChI is InChI=1S/C25H23N5O2/c1-29-21(14-15-26-29)19-8-5-9-20-22(13-12-17-10-11-17)30(27-24(19)20)23(25(31)28-32)16-18-6-3-2-4-7-18/h2-9,14-15,17,23,32H,10-11,16H2,1H3,(H,28,31). The second-order valence-electron chi connectivity index (χ2n) is 8.06. The summed E-state index contributed by atoms with van der Waals surface area (Å²) < 4.78 is 3.46. The van der Waals surface area contributed by atoms with Gasteiger partial charge in [-0.1, -0.05) is 48.4 Å². The topological polar surface area (TPSA) is 85.0 Å². The largest absolute Gasteiger partial charge is 0.289 e. The molecule has 0 aliphatic heterocycles. The zero-order valence-electron chi connectivity index (χ0n) is 17.7. The van der Waals surface area contributed by atoms with Crippen molar-refractivity contribution in [2.45, 2.75) is 25.3 Å². The number of hydrogen-bond acceptors (Lipinski definition) is 4. The van der Waals surface area contributed by atoms with Gasteiger partial charge >= 0.3 is 0 Å². The van der Waals surface area contributed by atoms with E-state index >= 15 is 0 Å². The predicted molar refractivity (Wildman–Crippen MR) is 121 cm³/mol. The Bertz CT molecular complexity index is 1340. The fourth-order valence-corrected chi connectivity index (χ4v) is 3.92. The van der Waals surface area contributed by atoms with Crippen molar-refractivity contribution >= 4 is 16.8 Å². The monoisotopic (exact) mass is 425 g/mol. The van der Waals surface area contributed by atoms with Crippen molar-refractivity contribution < 1.29 is 10.0 Å². The van der Waals surface area contributed by atoms with Crippen molar-refractivity contribution in [3.05, 3.63) is 72.1 Å². The van der Waals surface area contributed by atoms with Crippen molar-refractivity contribution in [3.8, 4) is 23.1 Å². The van der Waals surface area contributed by atoms with E-state index in [1.54, 1.807) is 15.6 Å². The number of benzene rings is 2. The summed E-state index contributed by atoms with van der Waals surface area (Å²) in [6, 6.07) is 16.8. The minimum atomic E-state index is -0.752. The molecule has 1 saturated carbocycles. The lowest BCUT2D eigenvalue weighted by atomic mass is 10.0. The second kappa shape index (κ2) is 8.33. The molecule has 5 rings (SSSR count). The van der Waals surface area contributed by atoms with Crippen LogP contribution in [0.25, 0.3) is 22.2 Å². The molecule has 0 bridgehead atoms. The molecular formula is C25H23N5O2. The first kappa shape index (κ1) is 20.0. The molecule has 0 spiro atoms. The molecule has 0 radical (unpaired) electrons. The number of carbonyl (C=O) groups is 1. The maximum absolute atomic E-state index is 12.8. The summed E-state index contributed by atoms with van der Waals surface area (Å²) in [5, 5.41) is 19.5. The average Bonchev–Trinajstić information content (AvgIpc) is 3.44. The van der Waals surface area contributed by atoms with Crippen molar-refractivity contribution in [1.82, 2.24) is 25.0 Å². The summed E-state index contributed by atoms with van der Waals surface area (Å²) in [6.45, 7) is 0. The normalized spacial score (nSPS) is 14.1. The van der Waals surface area contributed by atoms with Crippen molar-refractivity contribution in [3.63, 3.8) is 0 Å². The molecule has 7 nitrogen and oxygen atoms in total. The lowest BCUT2D eigenvalue weighted by Gasteiger charge is -2.17. The van der Waals surface area contributed by atoms with E-state index < -0.39 is 11.9 Å². The van der Waals surface area contributed by atoms with Gasteiger partial charge in [-0.25, -0.2) is 10.2 Å². The number of hydrogen-bond donors (Lipinski definition) is 2. The second-order valence-corrected chi connectivity index (χ2v) is 8.06. The van der Waals surface area contributed by atoms with E-state index in [1.165, 1.54) is 0 Å². The van der Waals surface area contributed by atoms with E-state index in [-0.39, 0.29) is 0 Å². The Balaban J connectivity index is 1.71. The van der Waals surface area contributed by atoms with Crippen LogP contribution in [0.2, 0.25) is 0 Å². The fourth-order valence-electron chi connectivity index (χ4n) is 3.92. The Labute approximate surface area is 185 Å². The van der Waals surface area contributed by atoms with Gasteiger partial charge in [-0.3, -0.25) is 14.7 Å². The van der Waals surface area contributed by atoms with Crippen molar-refractivity contribution in [1.29, 1.82) is 0 Å². The molecule has 1 aliphatic rings. The van der Waals surface area contributed by atoms with E-state index in [9.17, 15) is 10.0 Å². The number of hydroxylamine groups is 1. The number of nitrogens with zero attached hydrogens (tertiary/aromatic N) is 4. The van der Waals surface area contributed by atoms with E-state index in [1.807, 2.05) is 67.1 Å². The van der Waals surface area contributed by atoms with Gasteiger partial charge in [0.05, 0.1) is 5.69 Å². The van der Waals surface area contributed by atoms with Gasteiger partial charge < -0.3 is 0 Å². The number of aromatic nitrogens is 4. The van der Waals surface area contributed by atoms with Gasteiger partial charge in [-0.05, 0) is 36.5 Å². The summed E-state index contributed by atoms with van der Waals surface area (Å²) in [6.07, 6.45) is 4.32. The van der Waals surface area contributed by atoms with Crippen LogP contribution in [-0.4, -0.2) is 30.7 Å². The van der Waals surface area contributed by atoms with E-state index in [2.05, 4.69) is 16.9 Å². The van der Waals surface area contributed by atoms with Gasteiger partial charge in [-0.15, -0.1) is 0 Å². The molecule has 2 aromatic heterocycles. The van der Waals surface area contributed by atoms with Gasteiger partial charge in [0.25, 0.3) is 5.91 Å². The minimum Gasteiger partial charge on any atom is -0.289 e. The molecule has 4 aromatic rings. The summed E-state index contributed by atoms with van der Waals surface area (Å²) in [5.41, 5.74) is 6.06. The maximum atomic E-state index is 12.8. The Morgan fingerprint density at radius 2 is 2.00 bits per heavy atom. The van der Waals surface area contributed by atoms with E-state index in [0.717, 1.165) is 40.6 Å². The van der Waals surface area contributed by atoms with Gasteiger partial charge in [0, 0.05) is 36.5 Å². The fraction of sp³-hybridized carbons (Fsp3) is 0.240. The molecule has 1 fully saturated rings. The lowest BCUT2D eigenvalue weighted by Crippen LogP contribution is -2.33. The quantitative estimate of drug-likeness (QED) is 0.291. The van der Waals surface area contributed by atoms with Gasteiger partial charge in [-0.2, -0.15) is 10.2 Å². The molecule has 1 aliphatic carbocycles. The summed E-state index contributed by atoms with van der Waals surface area (Å²) >= 11 is 0. The van der Waals surface area contributed by atoms with Crippen molar-refractivity contribution in [2.24, 2.45) is 13.0 Å². The van der Waals surface area contributed by atoms with Crippen LogP contribution >= 0.6 is 0 Å². The highest BCUT2D eigenvalue weighted by Gasteiger charge is 2.27. The Hall–Kier alpha value is -3.89. The smallest absolute Gasteiger partial charge is 0.268 e. The number of rotatable bonds is 5. The number of amides is 1. The van der Waals surface area contributed by atoms with Crippen LogP contribution in [0, 0.1) is 17.8 Å². The predicted octanol–water partition coefficient (Wildman–Crippen LogP) is 3.49. The van der Waals surface area contributed by atoms with Crippen LogP contribution in [0.5, 0.6) is 0 Å². The Morgan fingerprint density at radius 1 is 1.19 bits per heavy atom. The van der Waals surface area contributed by atoms with Crippen LogP contribution in [0.4, 0.5) is 0 Å². The molecule has 1 atom stereocenters. The molecule has 0 saturated heterocycles. The lowest BCUT2D eigenvalue weighted by molar-refractivity contribution is -0.132. The van der Waals surface area contributed by atoms with Gasteiger partial charge in [0.15, 0.2) is 0 Å². The zero-order chi connectivity index (χ0) is 22.1. The van der Waals surface area contributed by atoms with Crippen LogP contribution in [0.3, 0.4) is 0 Å². The highest BCUT2D eigenvalue weighted by Crippen LogP contribution is 2.32. The molecule has 160 valence electrons. The van der Waals surface area contributed by atoms with Crippen LogP contribution in [-0.2, 0) is 18.3 Å². The van der Waals surface area contributed by atoms with Crippen LogP contribution in [0.15, 0.2) is 60.8 Å². The summed E-state index contributed by atoms with van der Waals surface area (Å²) in [4.78, 5) is 12.8. The molecule has 32 heavy (non-hydrogen) atoms. The number of carbonyl (C=O) groups excluding carboxylic acids is 1. The number of aryl methyl sites for hydroxylation is 1. The van der Waals surface area contributed by atoms with E-state index in [4.69, 9.17) is 5.10 Å². The zero-order valence-corrected chi connectivity index (χ0v) is 17.7. The van der Waals surface area contributed by atoms with Gasteiger partial charge in [0.2, 0.25) is 0 Å². The third kappa shape index (κ3) is 3.77.